The van der Waals surface area contributed by atoms with Gasteiger partial charge in [0.25, 0.3) is 0 Å². The second-order valence-corrected chi connectivity index (χ2v) is 6.24. The first-order valence-electron chi connectivity index (χ1n) is 8.67. The van der Waals surface area contributed by atoms with Crippen LogP contribution < -0.4 is 9.47 Å². The fourth-order valence-electron chi connectivity index (χ4n) is 2.94. The van der Waals surface area contributed by atoms with E-state index >= 15 is 0 Å². The molecule has 0 aliphatic rings. The monoisotopic (exact) mass is 357 g/mol. The number of ether oxygens (including phenoxy) is 2. The Balaban J connectivity index is 1.70. The number of aromatic nitrogens is 3. The van der Waals surface area contributed by atoms with Crippen molar-refractivity contribution in [1.82, 2.24) is 15.0 Å². The molecular formula is C22H19N3O2. The van der Waals surface area contributed by atoms with Crippen LogP contribution in [-0.2, 0) is 6.61 Å². The molecule has 2 heterocycles. The second-order valence-electron chi connectivity index (χ2n) is 6.24. The average molecular weight is 357 g/mol. The van der Waals surface area contributed by atoms with Gasteiger partial charge < -0.3 is 9.47 Å². The van der Waals surface area contributed by atoms with E-state index in [0.717, 1.165) is 39.2 Å². The number of benzene rings is 2. The fourth-order valence-corrected chi connectivity index (χ4v) is 2.94. The number of fused-ring (bicyclic) bond motifs is 1. The first kappa shape index (κ1) is 17.0. The smallest absolute Gasteiger partial charge is 0.178 e. The Hall–Kier alpha value is -3.47. The molecule has 134 valence electrons. The minimum atomic E-state index is 0.434. The van der Waals surface area contributed by atoms with Crippen molar-refractivity contribution in [1.29, 1.82) is 0 Å². The predicted octanol–water partition coefficient (Wildman–Crippen LogP) is 4.59. The predicted molar refractivity (Wildman–Crippen MR) is 105 cm³/mol. The summed E-state index contributed by atoms with van der Waals surface area (Å²) in [6.07, 6.45) is 3.42. The quantitative estimate of drug-likeness (QED) is 0.523. The maximum Gasteiger partial charge on any atom is 0.178 e. The third-order valence-electron chi connectivity index (χ3n) is 4.23. The van der Waals surface area contributed by atoms with Gasteiger partial charge in [-0.05, 0) is 54.4 Å². The molecule has 0 saturated carbocycles. The summed E-state index contributed by atoms with van der Waals surface area (Å²) < 4.78 is 11.4. The zero-order valence-electron chi connectivity index (χ0n) is 15.2. The molecule has 0 fully saturated rings. The van der Waals surface area contributed by atoms with Crippen LogP contribution in [0.4, 0.5) is 0 Å². The van der Waals surface area contributed by atoms with E-state index in [1.165, 1.54) is 0 Å². The van der Waals surface area contributed by atoms with E-state index in [9.17, 15) is 0 Å². The van der Waals surface area contributed by atoms with Crippen LogP contribution >= 0.6 is 0 Å². The number of hydrogen-bond acceptors (Lipinski definition) is 5. The Morgan fingerprint density at radius 3 is 2.59 bits per heavy atom. The van der Waals surface area contributed by atoms with E-state index in [1.807, 2.05) is 49.4 Å². The van der Waals surface area contributed by atoms with E-state index in [1.54, 1.807) is 25.6 Å². The zero-order valence-corrected chi connectivity index (χ0v) is 15.2. The molecule has 4 aromatic rings. The minimum absolute atomic E-state index is 0.434. The van der Waals surface area contributed by atoms with E-state index in [2.05, 4.69) is 16.0 Å². The van der Waals surface area contributed by atoms with Crippen LogP contribution in [0.1, 0.15) is 11.1 Å². The first-order valence-corrected chi connectivity index (χ1v) is 8.67. The zero-order chi connectivity index (χ0) is 18.6. The summed E-state index contributed by atoms with van der Waals surface area (Å²) in [5.41, 5.74) is 3.67. The average Bonchev–Trinajstić information content (AvgIpc) is 2.72. The van der Waals surface area contributed by atoms with Gasteiger partial charge in [-0.2, -0.15) is 0 Å². The fraction of sp³-hybridized carbons (Fsp3) is 0.136. The Morgan fingerprint density at radius 2 is 1.78 bits per heavy atom. The highest BCUT2D eigenvalue weighted by Crippen LogP contribution is 2.29. The standard InChI is InChI=1S/C22H19N3O2/c1-15-11-17-7-8-19(22-23-9-4-10-24-22)25-21(17)20(12-15)27-14-16-5-3-6-18(13-16)26-2/h3-13H,14H2,1-2H3. The third-order valence-corrected chi connectivity index (χ3v) is 4.23. The summed E-state index contributed by atoms with van der Waals surface area (Å²) in [6, 6.07) is 17.7. The molecule has 0 saturated heterocycles. The Morgan fingerprint density at radius 1 is 0.926 bits per heavy atom. The molecule has 0 N–H and O–H groups in total. The number of hydrogen-bond donors (Lipinski definition) is 0. The summed E-state index contributed by atoms with van der Waals surface area (Å²) in [5, 5.41) is 1.02. The first-order chi connectivity index (χ1) is 13.2. The van der Waals surface area contributed by atoms with Crippen LogP contribution in [0.5, 0.6) is 11.5 Å². The van der Waals surface area contributed by atoms with Gasteiger partial charge in [-0.1, -0.05) is 18.2 Å². The Labute approximate surface area is 157 Å². The molecule has 27 heavy (non-hydrogen) atoms. The molecular weight excluding hydrogens is 338 g/mol. The molecule has 0 aliphatic heterocycles. The highest BCUT2D eigenvalue weighted by Gasteiger charge is 2.10. The minimum Gasteiger partial charge on any atom is -0.497 e. The molecule has 0 radical (unpaired) electrons. The van der Waals surface area contributed by atoms with Gasteiger partial charge in [-0.3, -0.25) is 0 Å². The molecule has 0 atom stereocenters. The van der Waals surface area contributed by atoms with Gasteiger partial charge in [0.15, 0.2) is 5.82 Å². The number of aryl methyl sites for hydroxylation is 1. The maximum absolute atomic E-state index is 6.12. The van der Waals surface area contributed by atoms with Gasteiger partial charge in [0.05, 0.1) is 7.11 Å². The van der Waals surface area contributed by atoms with Crippen LogP contribution in [0.2, 0.25) is 0 Å². The van der Waals surface area contributed by atoms with Crippen LogP contribution in [0.3, 0.4) is 0 Å². The van der Waals surface area contributed by atoms with Crippen molar-refractivity contribution >= 4 is 10.9 Å². The topological polar surface area (TPSA) is 57.1 Å². The number of rotatable bonds is 5. The van der Waals surface area contributed by atoms with E-state index in [0.29, 0.717) is 12.4 Å². The molecule has 5 heteroatoms. The Kier molecular flexibility index (Phi) is 4.66. The maximum atomic E-state index is 6.12. The van der Waals surface area contributed by atoms with Gasteiger partial charge in [0, 0.05) is 17.8 Å². The largest absolute Gasteiger partial charge is 0.497 e. The normalized spacial score (nSPS) is 10.7. The highest BCUT2D eigenvalue weighted by atomic mass is 16.5. The van der Waals surface area contributed by atoms with Gasteiger partial charge in [0.2, 0.25) is 0 Å². The van der Waals surface area contributed by atoms with Gasteiger partial charge in [-0.15, -0.1) is 0 Å². The summed E-state index contributed by atoms with van der Waals surface area (Å²) in [7, 11) is 1.66. The SMILES string of the molecule is COc1cccc(COc2cc(C)cc3ccc(-c4ncccn4)nc23)c1. The van der Waals surface area contributed by atoms with Crippen molar-refractivity contribution < 1.29 is 9.47 Å². The van der Waals surface area contributed by atoms with E-state index in [4.69, 9.17) is 14.5 Å². The van der Waals surface area contributed by atoms with Crippen molar-refractivity contribution in [3.63, 3.8) is 0 Å². The summed E-state index contributed by atoms with van der Waals surface area (Å²) in [4.78, 5) is 13.3. The third kappa shape index (κ3) is 3.72. The molecule has 0 unspecified atom stereocenters. The second kappa shape index (κ2) is 7.41. The van der Waals surface area contributed by atoms with Crippen molar-refractivity contribution in [3.8, 4) is 23.0 Å². The number of nitrogens with zero attached hydrogens (tertiary/aromatic N) is 3. The van der Waals surface area contributed by atoms with Crippen LogP contribution in [-0.4, -0.2) is 22.1 Å². The summed E-state index contributed by atoms with van der Waals surface area (Å²) in [5.74, 6) is 2.15. The summed E-state index contributed by atoms with van der Waals surface area (Å²) in [6.45, 7) is 2.48. The molecule has 2 aromatic carbocycles. The van der Waals surface area contributed by atoms with Crippen LogP contribution in [0.25, 0.3) is 22.4 Å². The molecule has 0 aliphatic carbocycles. The summed E-state index contributed by atoms with van der Waals surface area (Å²) >= 11 is 0. The Bertz CT molecular complexity index is 1080. The lowest BCUT2D eigenvalue weighted by atomic mass is 10.1. The highest BCUT2D eigenvalue weighted by molar-refractivity contribution is 5.87. The molecule has 2 aromatic heterocycles. The van der Waals surface area contributed by atoms with Gasteiger partial charge in [-0.25, -0.2) is 15.0 Å². The van der Waals surface area contributed by atoms with Crippen molar-refractivity contribution in [3.05, 3.63) is 78.1 Å². The lowest BCUT2D eigenvalue weighted by Crippen LogP contribution is -1.99. The molecule has 5 nitrogen and oxygen atoms in total. The number of methoxy groups -OCH3 is 1. The van der Waals surface area contributed by atoms with Gasteiger partial charge >= 0.3 is 0 Å². The van der Waals surface area contributed by atoms with Crippen LogP contribution in [0, 0.1) is 6.92 Å². The van der Waals surface area contributed by atoms with Crippen molar-refractivity contribution in [2.45, 2.75) is 13.5 Å². The van der Waals surface area contributed by atoms with Crippen molar-refractivity contribution in [2.24, 2.45) is 0 Å². The number of pyridine rings is 1. The lowest BCUT2D eigenvalue weighted by molar-refractivity contribution is 0.308. The van der Waals surface area contributed by atoms with Crippen LogP contribution in [0.15, 0.2) is 67.0 Å². The van der Waals surface area contributed by atoms with Gasteiger partial charge in [0.1, 0.15) is 29.3 Å². The van der Waals surface area contributed by atoms with Crippen molar-refractivity contribution in [2.75, 3.05) is 7.11 Å². The lowest BCUT2D eigenvalue weighted by Gasteiger charge is -2.12. The molecule has 0 amide bonds. The van der Waals surface area contributed by atoms with E-state index < -0.39 is 0 Å². The van der Waals surface area contributed by atoms with E-state index in [-0.39, 0.29) is 0 Å². The molecule has 0 spiro atoms. The molecule has 4 rings (SSSR count). The molecule has 0 bridgehead atoms.